The van der Waals surface area contributed by atoms with Gasteiger partial charge in [0.15, 0.2) is 0 Å². The molecule has 1 heterocycles. The van der Waals surface area contributed by atoms with Gasteiger partial charge in [-0.1, -0.05) is 20.8 Å². The maximum Gasteiger partial charge on any atom is 0.225 e. The highest BCUT2D eigenvalue weighted by molar-refractivity contribution is 5.78. The van der Waals surface area contributed by atoms with Crippen LogP contribution in [0.15, 0.2) is 0 Å². The summed E-state index contributed by atoms with van der Waals surface area (Å²) in [5, 5.41) is 3.32. The fraction of sp³-hybridized carbons (Fsp3) is 0.900. The molecule has 0 saturated carbocycles. The number of piperazine rings is 1. The summed E-state index contributed by atoms with van der Waals surface area (Å²) in [5.41, 5.74) is 0. The van der Waals surface area contributed by atoms with E-state index < -0.39 is 0 Å². The number of hydrogen-bond acceptors (Lipinski definition) is 2. The Balaban J connectivity index is 0.00000169. The summed E-state index contributed by atoms with van der Waals surface area (Å²) in [7, 11) is 0. The van der Waals surface area contributed by atoms with Gasteiger partial charge in [0.1, 0.15) is 0 Å². The van der Waals surface area contributed by atoms with Gasteiger partial charge < -0.3 is 10.2 Å². The van der Waals surface area contributed by atoms with Crippen molar-refractivity contribution in [1.82, 2.24) is 10.2 Å². The van der Waals surface area contributed by atoms with E-state index >= 15 is 0 Å². The first kappa shape index (κ1) is 10.5. The Hall–Kier alpha value is -0.570. The Kier molecular flexibility index (Phi) is 3.72. The van der Waals surface area contributed by atoms with Crippen molar-refractivity contribution in [2.75, 3.05) is 19.6 Å². The number of rotatable bonds is 2. The van der Waals surface area contributed by atoms with Gasteiger partial charge in [0.05, 0.1) is 0 Å². The van der Waals surface area contributed by atoms with Crippen molar-refractivity contribution in [2.24, 2.45) is 5.92 Å². The van der Waals surface area contributed by atoms with E-state index in [0.717, 1.165) is 26.1 Å². The van der Waals surface area contributed by atoms with Gasteiger partial charge in [-0.25, -0.2) is 0 Å². The predicted octanol–water partition coefficient (Wildman–Crippen LogP) is 1.10. The van der Waals surface area contributed by atoms with E-state index in [9.17, 15) is 4.79 Å². The number of carbonyl (C=O) groups excluding carboxylic acids is 1. The molecule has 1 rings (SSSR count). The van der Waals surface area contributed by atoms with Crippen LogP contribution < -0.4 is 5.32 Å². The molecule has 0 unspecified atom stereocenters. The number of nitrogens with one attached hydrogen (secondary N) is 1. The molecular formula is C10H22N2O. The van der Waals surface area contributed by atoms with Crippen molar-refractivity contribution in [3.05, 3.63) is 0 Å². The standard InChI is InChI=1S/C10H20N2O.H2/c1-4-9-7-11-5-6-12(9)10(13)8(2)3;/h8-9,11H,4-7H2,1-3H3;1H/t9-;/m1./s1. The lowest BCUT2D eigenvalue weighted by atomic mass is 10.1. The smallest absolute Gasteiger partial charge is 0.225 e. The topological polar surface area (TPSA) is 32.3 Å². The highest BCUT2D eigenvalue weighted by Gasteiger charge is 2.26. The van der Waals surface area contributed by atoms with E-state index in [-0.39, 0.29) is 7.34 Å². The summed E-state index contributed by atoms with van der Waals surface area (Å²) in [5.74, 6) is 0.431. The molecule has 1 saturated heterocycles. The minimum Gasteiger partial charge on any atom is -0.337 e. The molecule has 0 radical (unpaired) electrons. The van der Waals surface area contributed by atoms with Crippen LogP contribution in [0.3, 0.4) is 0 Å². The Morgan fingerprint density at radius 2 is 2.38 bits per heavy atom. The molecule has 0 aliphatic carbocycles. The quantitative estimate of drug-likeness (QED) is 0.700. The molecule has 1 amide bonds. The van der Waals surface area contributed by atoms with Gasteiger partial charge in [0, 0.05) is 33.0 Å². The largest absolute Gasteiger partial charge is 0.337 e. The Bertz CT molecular complexity index is 185. The van der Waals surface area contributed by atoms with E-state index in [0.29, 0.717) is 11.9 Å². The summed E-state index contributed by atoms with van der Waals surface area (Å²) in [6.45, 7) is 8.84. The molecule has 1 N–H and O–H groups in total. The van der Waals surface area contributed by atoms with Crippen LogP contribution in [0, 0.1) is 5.92 Å². The van der Waals surface area contributed by atoms with Crippen molar-refractivity contribution in [1.29, 1.82) is 0 Å². The second-order valence-corrected chi connectivity index (χ2v) is 3.95. The molecule has 1 atom stereocenters. The summed E-state index contributed by atoms with van der Waals surface area (Å²) < 4.78 is 0. The molecule has 1 aliphatic heterocycles. The molecule has 0 aromatic carbocycles. The maximum atomic E-state index is 11.8. The lowest BCUT2D eigenvalue weighted by molar-refractivity contribution is -0.137. The van der Waals surface area contributed by atoms with Crippen molar-refractivity contribution in [3.8, 4) is 0 Å². The van der Waals surface area contributed by atoms with Crippen molar-refractivity contribution >= 4 is 5.91 Å². The van der Waals surface area contributed by atoms with Gasteiger partial charge in [-0.3, -0.25) is 4.79 Å². The molecule has 78 valence electrons. The maximum absolute atomic E-state index is 11.8. The first-order valence-electron chi connectivity index (χ1n) is 5.18. The predicted molar refractivity (Wildman–Crippen MR) is 55.6 cm³/mol. The third kappa shape index (κ3) is 2.44. The van der Waals surface area contributed by atoms with Gasteiger partial charge in [-0.05, 0) is 6.42 Å². The molecule has 3 nitrogen and oxygen atoms in total. The Labute approximate surface area is 82.0 Å². The summed E-state index contributed by atoms with van der Waals surface area (Å²) in [6, 6.07) is 0.406. The van der Waals surface area contributed by atoms with Crippen LogP contribution in [0.1, 0.15) is 28.6 Å². The monoisotopic (exact) mass is 186 g/mol. The zero-order valence-corrected chi connectivity index (χ0v) is 8.84. The van der Waals surface area contributed by atoms with Gasteiger partial charge in [-0.15, -0.1) is 0 Å². The summed E-state index contributed by atoms with van der Waals surface area (Å²) in [4.78, 5) is 13.8. The number of nitrogens with zero attached hydrogens (tertiary/aromatic N) is 1. The molecule has 0 bridgehead atoms. The minimum absolute atomic E-state index is 0. The number of carbonyl (C=O) groups is 1. The number of hydrogen-bond donors (Lipinski definition) is 1. The van der Waals surface area contributed by atoms with Crippen molar-refractivity contribution in [2.45, 2.75) is 33.2 Å². The third-order valence-electron chi connectivity index (χ3n) is 2.60. The van der Waals surface area contributed by atoms with Crippen LogP contribution in [0.5, 0.6) is 0 Å². The number of amides is 1. The average Bonchev–Trinajstić information content (AvgIpc) is 2.16. The van der Waals surface area contributed by atoms with Crippen molar-refractivity contribution in [3.63, 3.8) is 0 Å². The Morgan fingerprint density at radius 3 is 2.92 bits per heavy atom. The van der Waals surface area contributed by atoms with E-state index in [2.05, 4.69) is 12.2 Å². The van der Waals surface area contributed by atoms with Crippen molar-refractivity contribution < 1.29 is 6.22 Å². The highest BCUT2D eigenvalue weighted by Crippen LogP contribution is 2.11. The van der Waals surface area contributed by atoms with E-state index in [1.54, 1.807) is 0 Å². The SMILES string of the molecule is CC[C@@H]1CNCCN1C(=O)C(C)C.[HH]. The normalized spacial score (nSPS) is 23.7. The molecule has 0 aromatic rings. The summed E-state index contributed by atoms with van der Waals surface area (Å²) >= 11 is 0. The molecule has 0 aromatic heterocycles. The van der Waals surface area contributed by atoms with E-state index in [1.807, 2.05) is 18.7 Å². The molecule has 0 spiro atoms. The Morgan fingerprint density at radius 1 is 1.69 bits per heavy atom. The fourth-order valence-corrected chi connectivity index (χ4v) is 1.75. The minimum atomic E-state index is 0. The zero-order valence-electron chi connectivity index (χ0n) is 8.84. The van der Waals surface area contributed by atoms with Gasteiger partial charge in [0.2, 0.25) is 5.91 Å². The first-order chi connectivity index (χ1) is 6.16. The van der Waals surface area contributed by atoms with Gasteiger partial charge >= 0.3 is 0 Å². The molecular weight excluding hydrogens is 164 g/mol. The molecule has 3 heteroatoms. The van der Waals surface area contributed by atoms with Gasteiger partial charge in [0.25, 0.3) is 0 Å². The van der Waals surface area contributed by atoms with Crippen LogP contribution in [0.25, 0.3) is 0 Å². The van der Waals surface area contributed by atoms with E-state index in [4.69, 9.17) is 0 Å². The lowest BCUT2D eigenvalue weighted by Crippen LogP contribution is -2.54. The molecule has 1 aliphatic rings. The van der Waals surface area contributed by atoms with Crippen LogP contribution in [-0.4, -0.2) is 36.5 Å². The average molecular weight is 186 g/mol. The van der Waals surface area contributed by atoms with E-state index in [1.165, 1.54) is 0 Å². The van der Waals surface area contributed by atoms with Crippen LogP contribution in [0.2, 0.25) is 0 Å². The second-order valence-electron chi connectivity index (χ2n) is 3.95. The van der Waals surface area contributed by atoms with Gasteiger partial charge in [-0.2, -0.15) is 0 Å². The molecule has 1 fully saturated rings. The highest BCUT2D eigenvalue weighted by atomic mass is 16.2. The summed E-state index contributed by atoms with van der Waals surface area (Å²) in [6.07, 6.45) is 1.05. The lowest BCUT2D eigenvalue weighted by Gasteiger charge is -2.36. The fourth-order valence-electron chi connectivity index (χ4n) is 1.75. The third-order valence-corrected chi connectivity index (χ3v) is 2.60. The first-order valence-corrected chi connectivity index (χ1v) is 5.18. The van der Waals surface area contributed by atoms with Crippen LogP contribution >= 0.6 is 0 Å². The second kappa shape index (κ2) is 4.61. The zero-order chi connectivity index (χ0) is 9.84. The van der Waals surface area contributed by atoms with Crippen LogP contribution in [0.4, 0.5) is 0 Å². The molecule has 13 heavy (non-hydrogen) atoms. The van der Waals surface area contributed by atoms with Crippen LogP contribution in [-0.2, 0) is 4.79 Å².